The van der Waals surface area contributed by atoms with Gasteiger partial charge >= 0.3 is 0 Å². The number of hydrogen-bond donors (Lipinski definition) is 1. The van der Waals surface area contributed by atoms with Gasteiger partial charge in [0.2, 0.25) is 0 Å². The molecule has 0 saturated carbocycles. The van der Waals surface area contributed by atoms with Gasteiger partial charge in [0.05, 0.1) is 0 Å². The van der Waals surface area contributed by atoms with Crippen LogP contribution in [0, 0.1) is 5.92 Å². The Kier molecular flexibility index (Phi) is 5.26. The summed E-state index contributed by atoms with van der Waals surface area (Å²) in [6, 6.07) is 0.852. The lowest BCUT2D eigenvalue weighted by Gasteiger charge is -2.38. The molecule has 3 heteroatoms. The molecular formula is C14H29N3. The first-order chi connectivity index (χ1) is 8.29. The molecule has 0 aliphatic carbocycles. The van der Waals surface area contributed by atoms with Gasteiger partial charge < -0.3 is 10.2 Å². The fourth-order valence-corrected chi connectivity index (χ4v) is 3.28. The van der Waals surface area contributed by atoms with E-state index in [0.29, 0.717) is 0 Å². The van der Waals surface area contributed by atoms with Crippen LogP contribution in [-0.4, -0.2) is 61.7 Å². The summed E-state index contributed by atoms with van der Waals surface area (Å²) in [4.78, 5) is 5.38. The van der Waals surface area contributed by atoms with Crippen LogP contribution in [0.3, 0.4) is 0 Å². The Hall–Kier alpha value is -0.120. The fraction of sp³-hybridized carbons (Fsp3) is 1.00. The van der Waals surface area contributed by atoms with Crippen LogP contribution in [0.4, 0.5) is 0 Å². The molecule has 2 aliphatic rings. The highest BCUT2D eigenvalue weighted by molar-refractivity contribution is 4.82. The lowest BCUT2D eigenvalue weighted by molar-refractivity contribution is 0.105. The Bertz CT molecular complexity index is 212. The van der Waals surface area contributed by atoms with Crippen molar-refractivity contribution in [1.82, 2.24) is 15.1 Å². The van der Waals surface area contributed by atoms with Gasteiger partial charge in [-0.25, -0.2) is 0 Å². The van der Waals surface area contributed by atoms with Gasteiger partial charge in [0.25, 0.3) is 0 Å². The molecule has 17 heavy (non-hydrogen) atoms. The van der Waals surface area contributed by atoms with E-state index in [0.717, 1.165) is 12.0 Å². The Morgan fingerprint density at radius 3 is 2.65 bits per heavy atom. The molecule has 0 bridgehead atoms. The smallest absolute Gasteiger partial charge is 0.0120 e. The molecule has 1 unspecified atom stereocenters. The molecule has 3 nitrogen and oxygen atoms in total. The van der Waals surface area contributed by atoms with Gasteiger partial charge in [-0.15, -0.1) is 0 Å². The third-order valence-corrected chi connectivity index (χ3v) is 4.23. The largest absolute Gasteiger partial charge is 0.315 e. The van der Waals surface area contributed by atoms with E-state index in [4.69, 9.17) is 0 Å². The zero-order valence-electron chi connectivity index (χ0n) is 11.6. The van der Waals surface area contributed by atoms with E-state index >= 15 is 0 Å². The third kappa shape index (κ3) is 3.94. The van der Waals surface area contributed by atoms with Crippen LogP contribution in [0.5, 0.6) is 0 Å². The maximum Gasteiger partial charge on any atom is 0.0120 e. The molecule has 100 valence electrons. The topological polar surface area (TPSA) is 18.5 Å². The number of nitrogens with one attached hydrogen (secondary N) is 1. The molecule has 0 amide bonds. The quantitative estimate of drug-likeness (QED) is 0.803. The van der Waals surface area contributed by atoms with Crippen LogP contribution >= 0.6 is 0 Å². The minimum absolute atomic E-state index is 0.811. The lowest BCUT2D eigenvalue weighted by Crippen LogP contribution is -2.46. The minimum Gasteiger partial charge on any atom is -0.315 e. The first-order valence-corrected chi connectivity index (χ1v) is 7.46. The Balaban J connectivity index is 1.78. The van der Waals surface area contributed by atoms with E-state index in [2.05, 4.69) is 29.0 Å². The van der Waals surface area contributed by atoms with Crippen molar-refractivity contribution in [2.24, 2.45) is 5.92 Å². The summed E-state index contributed by atoms with van der Waals surface area (Å²) in [5.41, 5.74) is 0. The van der Waals surface area contributed by atoms with E-state index in [-0.39, 0.29) is 0 Å². The average Bonchev–Trinajstić information content (AvgIpc) is 2.55. The molecule has 0 aromatic carbocycles. The van der Waals surface area contributed by atoms with Crippen LogP contribution in [0.25, 0.3) is 0 Å². The molecule has 2 rings (SSSR count). The summed E-state index contributed by atoms with van der Waals surface area (Å²) in [5, 5.41) is 3.54. The second-order valence-corrected chi connectivity index (χ2v) is 5.88. The normalized spacial score (nSPS) is 30.4. The third-order valence-electron chi connectivity index (χ3n) is 4.23. The maximum atomic E-state index is 3.54. The second-order valence-electron chi connectivity index (χ2n) is 5.88. The Labute approximate surface area is 107 Å². The number of hydrogen-bond acceptors (Lipinski definition) is 3. The maximum absolute atomic E-state index is 3.54. The molecule has 2 aliphatic heterocycles. The van der Waals surface area contributed by atoms with Crippen molar-refractivity contribution in [3.8, 4) is 0 Å². The first kappa shape index (κ1) is 13.3. The predicted molar refractivity (Wildman–Crippen MR) is 73.4 cm³/mol. The van der Waals surface area contributed by atoms with Crippen molar-refractivity contribution >= 4 is 0 Å². The van der Waals surface area contributed by atoms with E-state index in [9.17, 15) is 0 Å². The van der Waals surface area contributed by atoms with Crippen LogP contribution in [0.15, 0.2) is 0 Å². The van der Waals surface area contributed by atoms with Gasteiger partial charge in [-0.3, -0.25) is 4.90 Å². The zero-order valence-corrected chi connectivity index (χ0v) is 11.6. The first-order valence-electron chi connectivity index (χ1n) is 7.46. The predicted octanol–water partition coefficient (Wildman–Crippen LogP) is 1.40. The number of rotatable bonds is 3. The standard InChI is InChI=1S/C14H29N3/c1-3-7-16-8-4-14(5-9-16)17-10-6-15-11-13(2)12-17/h13-15H,3-12H2,1-2H3. The summed E-state index contributed by atoms with van der Waals surface area (Å²) in [7, 11) is 0. The van der Waals surface area contributed by atoms with Crippen molar-refractivity contribution in [2.75, 3.05) is 45.8 Å². The van der Waals surface area contributed by atoms with E-state index in [1.54, 1.807) is 0 Å². The average molecular weight is 239 g/mol. The Morgan fingerprint density at radius 2 is 1.94 bits per heavy atom. The molecular weight excluding hydrogens is 210 g/mol. The Morgan fingerprint density at radius 1 is 1.18 bits per heavy atom. The number of nitrogens with zero attached hydrogens (tertiary/aromatic N) is 2. The molecule has 0 radical (unpaired) electrons. The summed E-state index contributed by atoms with van der Waals surface area (Å²) in [6.07, 6.45) is 4.06. The van der Waals surface area contributed by atoms with Crippen molar-refractivity contribution in [1.29, 1.82) is 0 Å². The van der Waals surface area contributed by atoms with Crippen molar-refractivity contribution in [3.63, 3.8) is 0 Å². The summed E-state index contributed by atoms with van der Waals surface area (Å²) in [6.45, 7) is 13.5. The molecule has 0 aromatic rings. The summed E-state index contributed by atoms with van der Waals surface area (Å²) < 4.78 is 0. The fourth-order valence-electron chi connectivity index (χ4n) is 3.28. The van der Waals surface area contributed by atoms with Gasteiger partial charge in [0.1, 0.15) is 0 Å². The summed E-state index contributed by atoms with van der Waals surface area (Å²) >= 11 is 0. The number of likely N-dealkylation sites (tertiary alicyclic amines) is 1. The van der Waals surface area contributed by atoms with Gasteiger partial charge in [-0.1, -0.05) is 13.8 Å². The van der Waals surface area contributed by atoms with Gasteiger partial charge in [0.15, 0.2) is 0 Å². The van der Waals surface area contributed by atoms with Crippen LogP contribution in [0.2, 0.25) is 0 Å². The van der Waals surface area contributed by atoms with E-state index in [1.807, 2.05) is 0 Å². The molecule has 2 saturated heterocycles. The minimum atomic E-state index is 0.811. The van der Waals surface area contributed by atoms with Crippen molar-refractivity contribution in [2.45, 2.75) is 39.2 Å². The molecule has 2 fully saturated rings. The SMILES string of the molecule is CCCN1CCC(N2CCNCC(C)C2)CC1. The van der Waals surface area contributed by atoms with Crippen LogP contribution in [-0.2, 0) is 0 Å². The lowest BCUT2D eigenvalue weighted by atomic mass is 10.0. The van der Waals surface area contributed by atoms with E-state index < -0.39 is 0 Å². The monoisotopic (exact) mass is 239 g/mol. The molecule has 1 atom stereocenters. The molecule has 0 aromatic heterocycles. The number of piperidine rings is 1. The van der Waals surface area contributed by atoms with Gasteiger partial charge in [-0.2, -0.15) is 0 Å². The van der Waals surface area contributed by atoms with Gasteiger partial charge in [0, 0.05) is 25.7 Å². The zero-order chi connectivity index (χ0) is 12.1. The van der Waals surface area contributed by atoms with Crippen LogP contribution in [0.1, 0.15) is 33.1 Å². The molecule has 1 N–H and O–H groups in total. The second kappa shape index (κ2) is 6.72. The van der Waals surface area contributed by atoms with Gasteiger partial charge in [-0.05, 0) is 51.4 Å². The highest BCUT2D eigenvalue weighted by atomic mass is 15.2. The summed E-state index contributed by atoms with van der Waals surface area (Å²) in [5.74, 6) is 0.811. The molecule has 2 heterocycles. The highest BCUT2D eigenvalue weighted by Crippen LogP contribution is 2.18. The van der Waals surface area contributed by atoms with E-state index in [1.165, 1.54) is 65.1 Å². The van der Waals surface area contributed by atoms with Crippen molar-refractivity contribution < 1.29 is 0 Å². The molecule has 0 spiro atoms. The van der Waals surface area contributed by atoms with Crippen LogP contribution < -0.4 is 5.32 Å². The highest BCUT2D eigenvalue weighted by Gasteiger charge is 2.26. The van der Waals surface area contributed by atoms with Crippen molar-refractivity contribution in [3.05, 3.63) is 0 Å².